The fourth-order valence-corrected chi connectivity index (χ4v) is 1.90. The van der Waals surface area contributed by atoms with Gasteiger partial charge in [0.15, 0.2) is 0 Å². The maximum absolute atomic E-state index is 11.3. The van der Waals surface area contributed by atoms with Crippen LogP contribution in [0.25, 0.3) is 0 Å². The summed E-state index contributed by atoms with van der Waals surface area (Å²) in [5.41, 5.74) is 7.53. The zero-order valence-electron chi connectivity index (χ0n) is 10.5. The third kappa shape index (κ3) is 3.33. The Kier molecular flexibility index (Phi) is 4.32. The molecule has 5 nitrogen and oxygen atoms in total. The van der Waals surface area contributed by atoms with E-state index >= 15 is 0 Å². The molecule has 102 valence electrons. The van der Waals surface area contributed by atoms with Crippen molar-refractivity contribution < 1.29 is 9.59 Å². The molecule has 0 radical (unpaired) electrons. The molecule has 0 aliphatic heterocycles. The maximum atomic E-state index is 11.3. The Balaban J connectivity index is 2.19. The van der Waals surface area contributed by atoms with Gasteiger partial charge in [-0.15, -0.1) is 0 Å². The highest BCUT2D eigenvalue weighted by Gasteiger charge is 2.09. The number of benzene rings is 1. The van der Waals surface area contributed by atoms with Gasteiger partial charge < -0.3 is 11.1 Å². The number of pyridine rings is 1. The molecule has 0 saturated carbocycles. The maximum Gasteiger partial charge on any atom is 0.252 e. The Bertz CT molecular complexity index is 659. The lowest BCUT2D eigenvalue weighted by molar-refractivity contribution is 0.1000. The van der Waals surface area contributed by atoms with Gasteiger partial charge in [-0.25, -0.2) is 4.98 Å². The van der Waals surface area contributed by atoms with Crippen LogP contribution in [0, 0.1) is 0 Å². The predicted molar refractivity (Wildman–Crippen MR) is 76.9 cm³/mol. The van der Waals surface area contributed by atoms with Crippen LogP contribution in [0.3, 0.4) is 0 Å². The zero-order valence-corrected chi connectivity index (χ0v) is 11.2. The number of amides is 1. The molecule has 2 aromatic rings. The molecule has 0 fully saturated rings. The third-order valence-corrected chi connectivity index (χ3v) is 2.91. The first-order valence-electron chi connectivity index (χ1n) is 5.83. The number of aldehydes is 1. The van der Waals surface area contributed by atoms with Gasteiger partial charge >= 0.3 is 0 Å². The van der Waals surface area contributed by atoms with E-state index in [9.17, 15) is 9.59 Å². The van der Waals surface area contributed by atoms with E-state index in [4.69, 9.17) is 17.3 Å². The van der Waals surface area contributed by atoms with E-state index < -0.39 is 5.91 Å². The summed E-state index contributed by atoms with van der Waals surface area (Å²) < 4.78 is 0. The van der Waals surface area contributed by atoms with Crippen LogP contribution in [0.1, 0.15) is 26.3 Å². The Morgan fingerprint density at radius 2 is 2.20 bits per heavy atom. The normalized spacial score (nSPS) is 10.1. The monoisotopic (exact) mass is 289 g/mol. The molecule has 1 aromatic carbocycles. The SMILES string of the molecule is NC(=O)c1cnc(Cl)cc1NCc1cccc(C=O)c1. The molecule has 0 unspecified atom stereocenters. The lowest BCUT2D eigenvalue weighted by Gasteiger charge is -2.10. The molecule has 6 heteroatoms. The number of aromatic nitrogens is 1. The largest absolute Gasteiger partial charge is 0.380 e. The first kappa shape index (κ1) is 14.0. The molecule has 0 aliphatic carbocycles. The predicted octanol–water partition coefficient (Wildman–Crippen LogP) is 2.26. The second-order valence-corrected chi connectivity index (χ2v) is 4.52. The summed E-state index contributed by atoms with van der Waals surface area (Å²) in [4.78, 5) is 25.8. The molecule has 1 amide bonds. The van der Waals surface area contributed by atoms with Crippen LogP contribution >= 0.6 is 11.6 Å². The van der Waals surface area contributed by atoms with Crippen LogP contribution in [0.15, 0.2) is 36.5 Å². The van der Waals surface area contributed by atoms with Crippen molar-refractivity contribution in [1.29, 1.82) is 0 Å². The summed E-state index contributed by atoms with van der Waals surface area (Å²) in [6, 6.07) is 8.66. The van der Waals surface area contributed by atoms with Crippen LogP contribution in [0.4, 0.5) is 5.69 Å². The van der Waals surface area contributed by atoms with Gasteiger partial charge in [0.1, 0.15) is 11.4 Å². The second-order valence-electron chi connectivity index (χ2n) is 4.13. The number of carbonyl (C=O) groups is 2. The van der Waals surface area contributed by atoms with E-state index in [0.717, 1.165) is 11.8 Å². The molecule has 0 bridgehead atoms. The second kappa shape index (κ2) is 6.16. The van der Waals surface area contributed by atoms with Gasteiger partial charge in [0.05, 0.1) is 11.3 Å². The number of anilines is 1. The molecular formula is C14H12ClN3O2. The number of nitrogens with one attached hydrogen (secondary N) is 1. The van der Waals surface area contributed by atoms with Crippen LogP contribution in [0.5, 0.6) is 0 Å². The van der Waals surface area contributed by atoms with Crippen LogP contribution in [0.2, 0.25) is 5.15 Å². The third-order valence-electron chi connectivity index (χ3n) is 2.71. The fourth-order valence-electron chi connectivity index (χ4n) is 1.75. The number of halogens is 1. The van der Waals surface area contributed by atoms with Gasteiger partial charge in [-0.05, 0) is 17.7 Å². The zero-order chi connectivity index (χ0) is 14.5. The quantitative estimate of drug-likeness (QED) is 0.653. The van der Waals surface area contributed by atoms with Crippen molar-refractivity contribution in [1.82, 2.24) is 4.98 Å². The minimum absolute atomic E-state index is 0.263. The van der Waals surface area contributed by atoms with E-state index in [1.807, 2.05) is 6.07 Å². The van der Waals surface area contributed by atoms with E-state index in [1.165, 1.54) is 12.3 Å². The molecule has 1 heterocycles. The van der Waals surface area contributed by atoms with Crippen molar-refractivity contribution in [3.63, 3.8) is 0 Å². The fraction of sp³-hybridized carbons (Fsp3) is 0.0714. The van der Waals surface area contributed by atoms with Gasteiger partial charge in [0.25, 0.3) is 5.91 Å². The lowest BCUT2D eigenvalue weighted by atomic mass is 10.1. The highest BCUT2D eigenvalue weighted by molar-refractivity contribution is 6.29. The molecule has 3 N–H and O–H groups in total. The van der Waals surface area contributed by atoms with Gasteiger partial charge in [0.2, 0.25) is 0 Å². The Morgan fingerprint density at radius 3 is 2.90 bits per heavy atom. The van der Waals surface area contributed by atoms with Gasteiger partial charge in [0, 0.05) is 18.3 Å². The van der Waals surface area contributed by atoms with E-state index in [2.05, 4.69) is 10.3 Å². The average molecular weight is 290 g/mol. The van der Waals surface area contributed by atoms with Crippen LogP contribution in [-0.4, -0.2) is 17.2 Å². The summed E-state index contributed by atoms with van der Waals surface area (Å²) in [6.07, 6.45) is 2.11. The summed E-state index contributed by atoms with van der Waals surface area (Å²) in [5.74, 6) is -0.585. The van der Waals surface area contributed by atoms with Crippen molar-refractivity contribution in [2.24, 2.45) is 5.73 Å². The first-order chi connectivity index (χ1) is 9.60. The number of primary amides is 1. The molecule has 0 aliphatic rings. The highest BCUT2D eigenvalue weighted by Crippen LogP contribution is 2.19. The summed E-state index contributed by atoms with van der Waals surface area (Å²) in [7, 11) is 0. The van der Waals surface area contributed by atoms with Crippen molar-refractivity contribution in [2.75, 3.05) is 5.32 Å². The Hall–Kier alpha value is -2.40. The number of rotatable bonds is 5. The lowest BCUT2D eigenvalue weighted by Crippen LogP contribution is -2.15. The molecule has 1 aromatic heterocycles. The minimum Gasteiger partial charge on any atom is -0.380 e. The number of hydrogen-bond donors (Lipinski definition) is 2. The van der Waals surface area contributed by atoms with E-state index in [-0.39, 0.29) is 10.7 Å². The topological polar surface area (TPSA) is 85.1 Å². The number of carbonyl (C=O) groups excluding carboxylic acids is 2. The first-order valence-corrected chi connectivity index (χ1v) is 6.21. The van der Waals surface area contributed by atoms with Gasteiger partial charge in [-0.2, -0.15) is 0 Å². The van der Waals surface area contributed by atoms with Crippen LogP contribution in [-0.2, 0) is 6.54 Å². The average Bonchev–Trinajstić information content (AvgIpc) is 2.45. The van der Waals surface area contributed by atoms with E-state index in [1.54, 1.807) is 18.2 Å². The number of nitrogens with zero attached hydrogens (tertiary/aromatic N) is 1. The molecule has 0 spiro atoms. The van der Waals surface area contributed by atoms with Crippen molar-refractivity contribution in [2.45, 2.75) is 6.54 Å². The van der Waals surface area contributed by atoms with Crippen LogP contribution < -0.4 is 11.1 Å². The highest BCUT2D eigenvalue weighted by atomic mass is 35.5. The summed E-state index contributed by atoms with van der Waals surface area (Å²) in [5, 5.41) is 3.32. The smallest absolute Gasteiger partial charge is 0.252 e. The number of nitrogens with two attached hydrogens (primary N) is 1. The summed E-state index contributed by atoms with van der Waals surface area (Å²) >= 11 is 5.80. The summed E-state index contributed by atoms with van der Waals surface area (Å²) in [6.45, 7) is 0.433. The molecule has 0 saturated heterocycles. The number of hydrogen-bond acceptors (Lipinski definition) is 4. The van der Waals surface area contributed by atoms with Crippen molar-refractivity contribution in [3.05, 3.63) is 58.4 Å². The standard InChI is InChI=1S/C14H12ClN3O2/c15-13-5-12(11(7-18-13)14(16)20)17-6-9-2-1-3-10(4-9)8-19/h1-5,7-8H,6H2,(H2,16,20)(H,17,18). The molecule has 0 atom stereocenters. The molecule has 20 heavy (non-hydrogen) atoms. The minimum atomic E-state index is -0.585. The van der Waals surface area contributed by atoms with Gasteiger partial charge in [-0.3, -0.25) is 9.59 Å². The Morgan fingerprint density at radius 1 is 1.40 bits per heavy atom. The van der Waals surface area contributed by atoms with E-state index in [0.29, 0.717) is 17.8 Å². The van der Waals surface area contributed by atoms with Crippen molar-refractivity contribution >= 4 is 29.5 Å². The molecular weight excluding hydrogens is 278 g/mol. The van der Waals surface area contributed by atoms with Gasteiger partial charge in [-0.1, -0.05) is 29.8 Å². The van der Waals surface area contributed by atoms with Crippen molar-refractivity contribution in [3.8, 4) is 0 Å². The molecule has 2 rings (SSSR count). The Labute approximate surface area is 120 Å².